The molecule has 1 saturated carbocycles. The standard InChI is InChI=1S/C19H30N4O2/c24-19(23-7-3-6-18(23)16-4-1-2-5-16)17-14-20-22(15-17)9-8-21-10-12-25-13-11-21/h14-16,18H,1-13H2/t18-/m1/s1. The summed E-state index contributed by atoms with van der Waals surface area (Å²) < 4.78 is 7.30. The molecule has 1 amide bonds. The maximum Gasteiger partial charge on any atom is 0.257 e. The van der Waals surface area contributed by atoms with E-state index in [9.17, 15) is 4.79 Å². The van der Waals surface area contributed by atoms with Crippen molar-refractivity contribution in [1.29, 1.82) is 0 Å². The van der Waals surface area contributed by atoms with E-state index in [1.807, 2.05) is 10.9 Å². The topological polar surface area (TPSA) is 50.6 Å². The molecule has 1 aliphatic carbocycles. The third kappa shape index (κ3) is 3.90. The van der Waals surface area contributed by atoms with Crippen LogP contribution in [0.2, 0.25) is 0 Å². The van der Waals surface area contributed by atoms with E-state index in [-0.39, 0.29) is 5.91 Å². The van der Waals surface area contributed by atoms with Gasteiger partial charge in [-0.3, -0.25) is 14.4 Å². The quantitative estimate of drug-likeness (QED) is 0.818. The van der Waals surface area contributed by atoms with E-state index in [2.05, 4.69) is 14.9 Å². The Morgan fingerprint density at radius 3 is 2.68 bits per heavy atom. The Morgan fingerprint density at radius 2 is 1.88 bits per heavy atom. The summed E-state index contributed by atoms with van der Waals surface area (Å²) in [6.07, 6.45) is 11.3. The maximum absolute atomic E-state index is 13.0. The minimum atomic E-state index is 0.187. The molecule has 0 unspecified atom stereocenters. The molecule has 0 bridgehead atoms. The van der Waals surface area contributed by atoms with Gasteiger partial charge >= 0.3 is 0 Å². The number of hydrogen-bond donors (Lipinski definition) is 0. The summed E-state index contributed by atoms with van der Waals surface area (Å²) in [7, 11) is 0. The van der Waals surface area contributed by atoms with E-state index in [0.717, 1.165) is 63.8 Å². The Hall–Kier alpha value is -1.40. The van der Waals surface area contributed by atoms with Gasteiger partial charge in [-0.05, 0) is 31.6 Å². The number of hydrogen-bond acceptors (Lipinski definition) is 4. The van der Waals surface area contributed by atoms with Gasteiger partial charge < -0.3 is 9.64 Å². The van der Waals surface area contributed by atoms with E-state index in [0.29, 0.717) is 6.04 Å². The van der Waals surface area contributed by atoms with Crippen molar-refractivity contribution < 1.29 is 9.53 Å². The normalized spacial score (nSPS) is 25.8. The lowest BCUT2D eigenvalue weighted by molar-refractivity contribution is 0.0359. The van der Waals surface area contributed by atoms with Crippen LogP contribution in [0.3, 0.4) is 0 Å². The van der Waals surface area contributed by atoms with Crippen LogP contribution < -0.4 is 0 Å². The van der Waals surface area contributed by atoms with Crippen LogP contribution in [0.1, 0.15) is 48.9 Å². The lowest BCUT2D eigenvalue weighted by Crippen LogP contribution is -2.39. The fraction of sp³-hybridized carbons (Fsp3) is 0.789. The zero-order chi connectivity index (χ0) is 17.1. The first kappa shape index (κ1) is 17.0. The van der Waals surface area contributed by atoms with Crippen molar-refractivity contribution in [3.63, 3.8) is 0 Å². The van der Waals surface area contributed by atoms with Gasteiger partial charge in [0.2, 0.25) is 0 Å². The SMILES string of the molecule is O=C(c1cnn(CCN2CCOCC2)c1)N1CCC[C@@H]1C1CCCC1. The van der Waals surface area contributed by atoms with Crippen molar-refractivity contribution in [2.75, 3.05) is 39.4 Å². The summed E-state index contributed by atoms with van der Waals surface area (Å²) in [5, 5.41) is 4.43. The molecule has 0 radical (unpaired) electrons. The zero-order valence-electron chi connectivity index (χ0n) is 15.1. The predicted molar refractivity (Wildman–Crippen MR) is 95.5 cm³/mol. The number of ether oxygens (including phenoxy) is 1. The summed E-state index contributed by atoms with van der Waals surface area (Å²) in [6.45, 7) is 6.33. The van der Waals surface area contributed by atoms with Crippen molar-refractivity contribution in [3.05, 3.63) is 18.0 Å². The molecule has 4 rings (SSSR count). The van der Waals surface area contributed by atoms with Crippen LogP contribution in [-0.4, -0.2) is 70.9 Å². The molecule has 0 N–H and O–H groups in total. The Bertz CT molecular complexity index is 576. The van der Waals surface area contributed by atoms with Crippen molar-refractivity contribution in [2.24, 2.45) is 5.92 Å². The average molecular weight is 346 g/mol. The minimum Gasteiger partial charge on any atom is -0.379 e. The van der Waals surface area contributed by atoms with Crippen molar-refractivity contribution >= 4 is 5.91 Å². The molecule has 1 atom stereocenters. The molecule has 138 valence electrons. The van der Waals surface area contributed by atoms with Gasteiger partial charge in [0.15, 0.2) is 0 Å². The van der Waals surface area contributed by atoms with Crippen LogP contribution in [0.4, 0.5) is 0 Å². The van der Waals surface area contributed by atoms with Gasteiger partial charge in [-0.2, -0.15) is 5.10 Å². The van der Waals surface area contributed by atoms with Gasteiger partial charge in [-0.1, -0.05) is 12.8 Å². The van der Waals surface area contributed by atoms with E-state index >= 15 is 0 Å². The molecule has 0 aromatic carbocycles. The second-order valence-electron chi connectivity index (χ2n) is 7.70. The second kappa shape index (κ2) is 7.87. The third-order valence-electron chi connectivity index (χ3n) is 6.13. The molecular weight excluding hydrogens is 316 g/mol. The molecule has 3 aliphatic rings. The van der Waals surface area contributed by atoms with Crippen LogP contribution in [-0.2, 0) is 11.3 Å². The summed E-state index contributed by atoms with van der Waals surface area (Å²) in [6, 6.07) is 0.465. The van der Waals surface area contributed by atoms with Crippen LogP contribution in [0.15, 0.2) is 12.4 Å². The number of carbonyl (C=O) groups excluding carboxylic acids is 1. The molecular formula is C19H30N4O2. The fourth-order valence-corrected chi connectivity index (χ4v) is 4.71. The Morgan fingerprint density at radius 1 is 1.08 bits per heavy atom. The molecule has 1 aromatic rings. The summed E-state index contributed by atoms with van der Waals surface area (Å²) in [5.74, 6) is 0.912. The molecule has 6 nitrogen and oxygen atoms in total. The van der Waals surface area contributed by atoms with Crippen LogP contribution >= 0.6 is 0 Å². The van der Waals surface area contributed by atoms with Crippen molar-refractivity contribution in [1.82, 2.24) is 19.6 Å². The predicted octanol–water partition coefficient (Wildman–Crippen LogP) is 2.01. The maximum atomic E-state index is 13.0. The van der Waals surface area contributed by atoms with Crippen LogP contribution in [0.25, 0.3) is 0 Å². The first-order chi connectivity index (χ1) is 12.3. The van der Waals surface area contributed by atoms with Gasteiger partial charge in [-0.15, -0.1) is 0 Å². The van der Waals surface area contributed by atoms with E-state index in [1.165, 1.54) is 32.1 Å². The number of carbonyl (C=O) groups is 1. The summed E-state index contributed by atoms with van der Waals surface area (Å²) >= 11 is 0. The molecule has 2 saturated heterocycles. The van der Waals surface area contributed by atoms with Gasteiger partial charge in [0.1, 0.15) is 0 Å². The number of amides is 1. The van der Waals surface area contributed by atoms with E-state index < -0.39 is 0 Å². The first-order valence-corrected chi connectivity index (χ1v) is 9.95. The molecule has 1 aromatic heterocycles. The summed E-state index contributed by atoms with van der Waals surface area (Å²) in [5.41, 5.74) is 0.756. The Balaban J connectivity index is 1.34. The average Bonchev–Trinajstić information content (AvgIpc) is 3.41. The van der Waals surface area contributed by atoms with Gasteiger partial charge in [0.05, 0.1) is 31.5 Å². The van der Waals surface area contributed by atoms with Crippen LogP contribution in [0, 0.1) is 5.92 Å². The van der Waals surface area contributed by atoms with E-state index in [4.69, 9.17) is 4.74 Å². The monoisotopic (exact) mass is 346 g/mol. The Kier molecular flexibility index (Phi) is 5.36. The highest BCUT2D eigenvalue weighted by Gasteiger charge is 2.36. The van der Waals surface area contributed by atoms with Gasteiger partial charge in [-0.25, -0.2) is 0 Å². The Labute approximate surface area is 150 Å². The largest absolute Gasteiger partial charge is 0.379 e. The number of aromatic nitrogens is 2. The number of morpholine rings is 1. The smallest absolute Gasteiger partial charge is 0.257 e. The number of nitrogens with zero attached hydrogens (tertiary/aromatic N) is 4. The van der Waals surface area contributed by atoms with Gasteiger partial charge in [0.25, 0.3) is 5.91 Å². The van der Waals surface area contributed by atoms with Crippen LogP contribution in [0.5, 0.6) is 0 Å². The first-order valence-electron chi connectivity index (χ1n) is 9.95. The third-order valence-corrected chi connectivity index (χ3v) is 6.13. The highest BCUT2D eigenvalue weighted by atomic mass is 16.5. The molecule has 3 fully saturated rings. The van der Waals surface area contributed by atoms with Crippen molar-refractivity contribution in [3.8, 4) is 0 Å². The molecule has 2 aliphatic heterocycles. The van der Waals surface area contributed by atoms with Crippen molar-refractivity contribution in [2.45, 2.75) is 51.1 Å². The minimum absolute atomic E-state index is 0.187. The molecule has 0 spiro atoms. The lowest BCUT2D eigenvalue weighted by Gasteiger charge is -2.29. The summed E-state index contributed by atoms with van der Waals surface area (Å²) in [4.78, 5) is 17.5. The zero-order valence-corrected chi connectivity index (χ0v) is 15.1. The number of rotatable bonds is 5. The molecule has 3 heterocycles. The van der Waals surface area contributed by atoms with Gasteiger partial charge in [0, 0.05) is 38.4 Å². The fourth-order valence-electron chi connectivity index (χ4n) is 4.71. The number of likely N-dealkylation sites (tertiary alicyclic amines) is 1. The van der Waals surface area contributed by atoms with E-state index in [1.54, 1.807) is 6.20 Å². The molecule has 6 heteroatoms. The second-order valence-corrected chi connectivity index (χ2v) is 7.70. The highest BCUT2D eigenvalue weighted by Crippen LogP contribution is 2.35. The molecule has 25 heavy (non-hydrogen) atoms. The highest BCUT2D eigenvalue weighted by molar-refractivity contribution is 5.94. The lowest BCUT2D eigenvalue weighted by atomic mass is 9.96.